The Bertz CT molecular complexity index is 916. The molecule has 1 heterocycles. The maximum Gasteiger partial charge on any atom is 0.252 e. The monoisotopic (exact) mass is 519 g/mol. The van der Waals surface area contributed by atoms with E-state index in [1.807, 2.05) is 51.1 Å². The van der Waals surface area contributed by atoms with Crippen LogP contribution in [0.25, 0.3) is 0 Å². The van der Waals surface area contributed by atoms with Crippen molar-refractivity contribution in [1.82, 2.24) is 15.5 Å². The van der Waals surface area contributed by atoms with Crippen molar-refractivity contribution >= 4 is 17.7 Å². The molecule has 1 aromatic carbocycles. The molecule has 1 saturated heterocycles. The van der Waals surface area contributed by atoms with Crippen molar-refractivity contribution in [1.29, 1.82) is 0 Å². The van der Waals surface area contributed by atoms with E-state index in [0.717, 1.165) is 5.56 Å². The van der Waals surface area contributed by atoms with Crippen LogP contribution in [-0.4, -0.2) is 88.6 Å². The minimum absolute atomic E-state index is 0.139. The average Bonchev–Trinajstić information content (AvgIpc) is 3.02. The minimum Gasteiger partial charge on any atom is -0.387 e. The van der Waals surface area contributed by atoms with Crippen LogP contribution in [0.4, 0.5) is 0 Å². The number of benzene rings is 1. The first-order chi connectivity index (χ1) is 17.4. The SMILES string of the molecule is CO[C@@H](C(=O)N[C@H]1CCCCN(CC(=O)NCc2ccccc2)C1=O)[C@H](O)[C@@H](O)[C@H](O)C=CC(C)(C)C. The van der Waals surface area contributed by atoms with Crippen molar-refractivity contribution in [2.75, 3.05) is 20.2 Å². The Kier molecular flexibility index (Phi) is 11.7. The molecule has 5 N–H and O–H groups in total. The molecule has 0 saturated carbocycles. The Hall–Kier alpha value is -2.79. The van der Waals surface area contributed by atoms with E-state index in [0.29, 0.717) is 32.4 Å². The molecule has 5 atom stereocenters. The molecule has 0 aromatic heterocycles. The fourth-order valence-corrected chi connectivity index (χ4v) is 3.96. The highest BCUT2D eigenvalue weighted by atomic mass is 16.5. The molecule has 1 fully saturated rings. The molecule has 2 rings (SSSR count). The Labute approximate surface area is 218 Å². The lowest BCUT2D eigenvalue weighted by atomic mass is 9.94. The minimum atomic E-state index is -1.75. The molecule has 0 bridgehead atoms. The van der Waals surface area contributed by atoms with Gasteiger partial charge < -0.3 is 35.6 Å². The molecule has 10 nitrogen and oxygen atoms in total. The van der Waals surface area contributed by atoms with Gasteiger partial charge in [0, 0.05) is 20.2 Å². The van der Waals surface area contributed by atoms with Gasteiger partial charge in [-0.05, 0) is 30.2 Å². The zero-order valence-electron chi connectivity index (χ0n) is 22.1. The Balaban J connectivity index is 1.98. The molecule has 1 aliphatic rings. The van der Waals surface area contributed by atoms with Gasteiger partial charge in [-0.15, -0.1) is 0 Å². The molecular formula is C27H41N3O7. The standard InChI is InChI=1S/C27H41N3O7/c1-27(2,3)14-13-20(31)22(33)23(34)24(37-4)25(35)29-19-12-8-9-15-30(26(19)36)17-21(32)28-16-18-10-6-5-7-11-18/h5-7,10-11,13-14,19-20,22-24,31,33-34H,8-9,12,15-17H2,1-4H3,(H,28,32)(H,29,35)/t19-,20+,22-,23+,24+/m0/s1. The van der Waals surface area contributed by atoms with Crippen LogP contribution in [0, 0.1) is 5.41 Å². The lowest BCUT2D eigenvalue weighted by Crippen LogP contribution is -2.56. The smallest absolute Gasteiger partial charge is 0.252 e. The van der Waals surface area contributed by atoms with Crippen LogP contribution in [0.3, 0.4) is 0 Å². The number of carbonyl (C=O) groups is 3. The number of methoxy groups -OCH3 is 1. The van der Waals surface area contributed by atoms with Crippen molar-refractivity contribution in [3.05, 3.63) is 48.0 Å². The van der Waals surface area contributed by atoms with Gasteiger partial charge in [0.25, 0.3) is 5.91 Å². The number of carbonyl (C=O) groups excluding carboxylic acids is 3. The number of hydrogen-bond donors (Lipinski definition) is 5. The van der Waals surface area contributed by atoms with E-state index < -0.39 is 42.3 Å². The molecule has 0 radical (unpaired) electrons. The highest BCUT2D eigenvalue weighted by Crippen LogP contribution is 2.18. The first-order valence-corrected chi connectivity index (χ1v) is 12.6. The van der Waals surface area contributed by atoms with Crippen molar-refractivity contribution in [3.8, 4) is 0 Å². The largest absolute Gasteiger partial charge is 0.387 e. The second kappa shape index (κ2) is 14.2. The molecule has 0 unspecified atom stereocenters. The second-order valence-corrected chi connectivity index (χ2v) is 10.4. The summed E-state index contributed by atoms with van der Waals surface area (Å²) in [5.74, 6) is -1.51. The predicted molar refractivity (Wildman–Crippen MR) is 138 cm³/mol. The van der Waals surface area contributed by atoms with Gasteiger partial charge in [-0.2, -0.15) is 0 Å². The quantitative estimate of drug-likeness (QED) is 0.267. The number of rotatable bonds is 11. The predicted octanol–water partition coefficient (Wildman–Crippen LogP) is 0.500. The van der Waals surface area contributed by atoms with E-state index in [1.165, 1.54) is 18.1 Å². The average molecular weight is 520 g/mol. The topological polar surface area (TPSA) is 148 Å². The number of allylic oxidation sites excluding steroid dienone is 1. The zero-order valence-corrected chi connectivity index (χ0v) is 22.1. The fraction of sp³-hybridized carbons (Fsp3) is 0.593. The number of ether oxygens (including phenoxy) is 1. The number of nitrogens with zero attached hydrogens (tertiary/aromatic N) is 1. The van der Waals surface area contributed by atoms with Crippen LogP contribution in [0.1, 0.15) is 45.6 Å². The Morgan fingerprint density at radius 3 is 2.43 bits per heavy atom. The van der Waals surface area contributed by atoms with Crippen molar-refractivity contribution in [3.63, 3.8) is 0 Å². The summed E-state index contributed by atoms with van der Waals surface area (Å²) in [7, 11) is 1.19. The summed E-state index contributed by atoms with van der Waals surface area (Å²) in [6.07, 6.45) is -1.66. The Morgan fingerprint density at radius 1 is 1.14 bits per heavy atom. The van der Waals surface area contributed by atoms with E-state index in [4.69, 9.17) is 4.74 Å². The van der Waals surface area contributed by atoms with Gasteiger partial charge in [-0.25, -0.2) is 0 Å². The van der Waals surface area contributed by atoms with Crippen LogP contribution in [0.2, 0.25) is 0 Å². The summed E-state index contributed by atoms with van der Waals surface area (Å²) in [6.45, 7) is 6.30. The molecule has 37 heavy (non-hydrogen) atoms. The second-order valence-electron chi connectivity index (χ2n) is 10.4. The summed E-state index contributed by atoms with van der Waals surface area (Å²) in [5, 5.41) is 36.5. The number of amides is 3. The lowest BCUT2D eigenvalue weighted by Gasteiger charge is -2.29. The van der Waals surface area contributed by atoms with Crippen LogP contribution in [-0.2, 0) is 25.7 Å². The molecule has 0 spiro atoms. The number of aliphatic hydroxyl groups excluding tert-OH is 3. The summed E-state index contributed by atoms with van der Waals surface area (Å²) in [5.41, 5.74) is 0.682. The van der Waals surface area contributed by atoms with Crippen LogP contribution in [0.15, 0.2) is 42.5 Å². The summed E-state index contributed by atoms with van der Waals surface area (Å²) in [4.78, 5) is 39.9. The number of nitrogens with one attached hydrogen (secondary N) is 2. The summed E-state index contributed by atoms with van der Waals surface area (Å²) in [6, 6.07) is 8.50. The van der Waals surface area contributed by atoms with Crippen molar-refractivity contribution in [2.24, 2.45) is 5.41 Å². The molecule has 3 amide bonds. The zero-order chi connectivity index (χ0) is 27.6. The molecule has 10 heteroatoms. The van der Waals surface area contributed by atoms with E-state index in [-0.39, 0.29) is 17.9 Å². The van der Waals surface area contributed by atoms with Crippen LogP contribution < -0.4 is 10.6 Å². The van der Waals surface area contributed by atoms with E-state index in [2.05, 4.69) is 10.6 Å². The van der Waals surface area contributed by atoms with Gasteiger partial charge in [0.15, 0.2) is 6.10 Å². The van der Waals surface area contributed by atoms with Gasteiger partial charge in [0.1, 0.15) is 24.4 Å². The highest BCUT2D eigenvalue weighted by Gasteiger charge is 2.38. The maximum atomic E-state index is 13.1. The summed E-state index contributed by atoms with van der Waals surface area (Å²) >= 11 is 0. The van der Waals surface area contributed by atoms with Crippen LogP contribution >= 0.6 is 0 Å². The van der Waals surface area contributed by atoms with Gasteiger partial charge >= 0.3 is 0 Å². The molecule has 1 aromatic rings. The Morgan fingerprint density at radius 2 is 1.81 bits per heavy atom. The third-order valence-corrected chi connectivity index (χ3v) is 6.08. The third-order valence-electron chi connectivity index (χ3n) is 6.08. The first kappa shape index (κ1) is 30.4. The van der Waals surface area contributed by atoms with Gasteiger partial charge in [0.2, 0.25) is 11.8 Å². The van der Waals surface area contributed by atoms with Crippen molar-refractivity contribution < 1.29 is 34.4 Å². The number of likely N-dealkylation sites (tertiary alicyclic amines) is 1. The van der Waals surface area contributed by atoms with Crippen LogP contribution in [0.5, 0.6) is 0 Å². The van der Waals surface area contributed by atoms with E-state index in [9.17, 15) is 29.7 Å². The number of aliphatic hydroxyl groups is 3. The lowest BCUT2D eigenvalue weighted by molar-refractivity contribution is -0.152. The normalized spacial score (nSPS) is 20.1. The third kappa shape index (κ3) is 9.88. The van der Waals surface area contributed by atoms with Gasteiger partial charge in [-0.3, -0.25) is 14.4 Å². The molecular weight excluding hydrogens is 478 g/mol. The maximum absolute atomic E-state index is 13.1. The first-order valence-electron chi connectivity index (χ1n) is 12.6. The highest BCUT2D eigenvalue weighted by molar-refractivity contribution is 5.92. The fourth-order valence-electron chi connectivity index (χ4n) is 3.96. The molecule has 0 aliphatic carbocycles. The van der Waals surface area contributed by atoms with E-state index >= 15 is 0 Å². The van der Waals surface area contributed by atoms with Gasteiger partial charge in [0.05, 0.1) is 6.54 Å². The molecule has 206 valence electrons. The van der Waals surface area contributed by atoms with Gasteiger partial charge in [-0.1, -0.05) is 63.3 Å². The summed E-state index contributed by atoms with van der Waals surface area (Å²) < 4.78 is 5.12. The van der Waals surface area contributed by atoms with Crippen molar-refractivity contribution in [2.45, 2.75) is 77.0 Å². The van der Waals surface area contributed by atoms with E-state index in [1.54, 1.807) is 6.08 Å². The number of hydrogen-bond acceptors (Lipinski definition) is 7. The molecule has 1 aliphatic heterocycles.